The van der Waals surface area contributed by atoms with Crippen LogP contribution in [-0.2, 0) is 9.36 Å². The number of hydrogen-bond donors (Lipinski definition) is 6. The van der Waals surface area contributed by atoms with Crippen molar-refractivity contribution in [3.05, 3.63) is 63.7 Å². The van der Waals surface area contributed by atoms with Crippen LogP contribution >= 0.6 is 8.69 Å². The van der Waals surface area contributed by atoms with Crippen LogP contribution in [0, 0.1) is 13.8 Å². The van der Waals surface area contributed by atoms with Gasteiger partial charge in [0.25, 0.3) is 0 Å². The van der Waals surface area contributed by atoms with Crippen molar-refractivity contribution in [1.29, 1.82) is 0 Å². The lowest BCUT2D eigenvalue weighted by atomic mass is 9.98. The molecule has 0 aromatic heterocycles. The highest BCUT2D eigenvalue weighted by Crippen LogP contribution is 2.19. The number of ether oxygens (including phenoxy) is 1. The molecule has 0 fully saturated rings. The molecule has 2 aromatic carbocycles. The number of carboxylic acids is 5. The highest BCUT2D eigenvalue weighted by Gasteiger charge is 2.24. The summed E-state index contributed by atoms with van der Waals surface area (Å²) in [6.45, 7) is 3.54. The van der Waals surface area contributed by atoms with Crippen LogP contribution in [0.2, 0.25) is 0 Å². The summed E-state index contributed by atoms with van der Waals surface area (Å²) in [6, 6.07) is 6.73. The Kier molecular flexibility index (Phi) is 12.1. The third-order valence-electron chi connectivity index (χ3n) is 3.77. The Hall–Kier alpha value is -4.35. The SMILES string of the molecule is Cc1ccc(C)c(OCC(=O)O)c1.O=C(O)c1cc(C(=O)O)c(C(=O)O)cc1C(=O)O.O=[PH+]O. The van der Waals surface area contributed by atoms with Gasteiger partial charge >= 0.3 is 38.5 Å². The summed E-state index contributed by atoms with van der Waals surface area (Å²) < 4.78 is 13.6. The van der Waals surface area contributed by atoms with Crippen LogP contribution in [0.15, 0.2) is 30.3 Å². The topological polar surface area (TPSA) is 233 Å². The van der Waals surface area contributed by atoms with E-state index in [0.29, 0.717) is 17.9 Å². The molecule has 0 aliphatic carbocycles. The number of benzene rings is 2. The molecule has 0 amide bonds. The van der Waals surface area contributed by atoms with Gasteiger partial charge in [0, 0.05) is 0 Å². The van der Waals surface area contributed by atoms with Gasteiger partial charge in [-0.2, -0.15) is 4.89 Å². The van der Waals surface area contributed by atoms with Crippen molar-refractivity contribution in [2.75, 3.05) is 6.61 Å². The highest BCUT2D eigenvalue weighted by atomic mass is 31.1. The average molecular weight is 499 g/mol. The number of aliphatic carboxylic acids is 1. The largest absolute Gasteiger partial charge is 0.491 e. The zero-order valence-corrected chi connectivity index (χ0v) is 18.6. The predicted octanol–water partition coefficient (Wildman–Crippen LogP) is 2.16. The lowest BCUT2D eigenvalue weighted by Crippen LogP contribution is -2.15. The Labute approximate surface area is 192 Å². The lowest BCUT2D eigenvalue weighted by molar-refractivity contribution is -0.139. The molecule has 1 atom stereocenters. The minimum atomic E-state index is -1.66. The first-order valence-electron chi connectivity index (χ1n) is 8.81. The Bertz CT molecular complexity index is 1010. The molecule has 0 saturated heterocycles. The van der Waals surface area contributed by atoms with Gasteiger partial charge in [0.05, 0.1) is 22.3 Å². The van der Waals surface area contributed by atoms with Crippen LogP contribution in [0.5, 0.6) is 5.75 Å². The van der Waals surface area contributed by atoms with Crippen LogP contribution in [0.4, 0.5) is 0 Å². The van der Waals surface area contributed by atoms with Crippen molar-refractivity contribution in [3.8, 4) is 5.75 Å². The van der Waals surface area contributed by atoms with Crippen molar-refractivity contribution in [1.82, 2.24) is 0 Å². The standard InChI is InChI=1S/C10H6O8.C10H12O3.HO2P/c11-7(12)3-1-4(8(13)14)6(10(17)18)2-5(3)9(15)16;1-7-3-4-8(2)9(5-7)13-6-10(11)12;1-3-2/h1-2H,(H,11,12)(H,13,14)(H,15,16)(H,17,18);3-5H,6H2,1-2H3,(H,11,12);3H/p+1. The predicted molar refractivity (Wildman–Crippen MR) is 115 cm³/mol. The maximum atomic E-state index is 10.8. The molecule has 1 unspecified atom stereocenters. The maximum Gasteiger partial charge on any atom is 0.491 e. The second-order valence-electron chi connectivity index (χ2n) is 6.21. The molecular formula is C20H20O13P+. The summed E-state index contributed by atoms with van der Waals surface area (Å²) in [4.78, 5) is 60.4. The van der Waals surface area contributed by atoms with E-state index in [1.165, 1.54) is 0 Å². The van der Waals surface area contributed by atoms with Crippen LogP contribution in [0.1, 0.15) is 52.6 Å². The first-order valence-corrected chi connectivity index (χ1v) is 9.66. The van der Waals surface area contributed by atoms with E-state index in [-0.39, 0.29) is 6.61 Å². The quantitative estimate of drug-likeness (QED) is 0.300. The summed E-state index contributed by atoms with van der Waals surface area (Å²) in [7, 11) is -1.17. The molecule has 2 aromatic rings. The van der Waals surface area contributed by atoms with Crippen molar-refractivity contribution >= 4 is 38.5 Å². The molecule has 0 bridgehead atoms. The van der Waals surface area contributed by atoms with Crippen LogP contribution in [0.25, 0.3) is 0 Å². The van der Waals surface area contributed by atoms with E-state index >= 15 is 0 Å². The van der Waals surface area contributed by atoms with E-state index in [9.17, 15) is 24.0 Å². The average Bonchev–Trinajstić information content (AvgIpc) is 2.74. The van der Waals surface area contributed by atoms with Crippen molar-refractivity contribution < 1.29 is 63.7 Å². The molecule has 0 radical (unpaired) electrons. The Balaban J connectivity index is 0.000000597. The molecule has 34 heavy (non-hydrogen) atoms. The number of rotatable bonds is 7. The molecule has 6 N–H and O–H groups in total. The van der Waals surface area contributed by atoms with Gasteiger partial charge in [0.1, 0.15) is 5.75 Å². The summed E-state index contributed by atoms with van der Waals surface area (Å²) in [5.74, 6) is -6.96. The monoisotopic (exact) mass is 499 g/mol. The van der Waals surface area contributed by atoms with Crippen molar-refractivity contribution in [2.45, 2.75) is 13.8 Å². The number of aromatic carboxylic acids is 4. The van der Waals surface area contributed by atoms with Gasteiger partial charge in [0.15, 0.2) is 6.61 Å². The lowest BCUT2D eigenvalue weighted by Gasteiger charge is -2.07. The smallest absolute Gasteiger partial charge is 0.482 e. The Morgan fingerprint density at radius 3 is 1.38 bits per heavy atom. The van der Waals surface area contributed by atoms with E-state index in [1.807, 2.05) is 32.0 Å². The molecule has 0 aliphatic rings. The normalized spacial score (nSPS) is 9.50. The zero-order chi connectivity index (χ0) is 26.6. The van der Waals surface area contributed by atoms with Crippen LogP contribution in [0.3, 0.4) is 0 Å². The molecule has 13 nitrogen and oxygen atoms in total. The molecule has 14 heteroatoms. The van der Waals surface area contributed by atoms with Gasteiger partial charge in [-0.3, -0.25) is 0 Å². The second kappa shape index (κ2) is 13.9. The van der Waals surface area contributed by atoms with Gasteiger partial charge in [-0.25, -0.2) is 24.0 Å². The minimum Gasteiger partial charge on any atom is -0.482 e. The highest BCUT2D eigenvalue weighted by molar-refractivity contribution is 7.16. The molecule has 2 rings (SSSR count). The zero-order valence-electron chi connectivity index (χ0n) is 17.6. The van der Waals surface area contributed by atoms with Crippen LogP contribution < -0.4 is 4.74 Å². The molecule has 182 valence electrons. The number of carbonyl (C=O) groups is 5. The van der Waals surface area contributed by atoms with E-state index in [4.69, 9.17) is 39.7 Å². The fourth-order valence-corrected chi connectivity index (χ4v) is 2.31. The summed E-state index contributed by atoms with van der Waals surface area (Å²) in [5, 5.41) is 43.4. The van der Waals surface area contributed by atoms with E-state index in [2.05, 4.69) is 0 Å². The van der Waals surface area contributed by atoms with Gasteiger partial charge < -0.3 is 30.3 Å². The number of aryl methyl sites for hydroxylation is 2. The van der Waals surface area contributed by atoms with Gasteiger partial charge in [-0.1, -0.05) is 12.1 Å². The van der Waals surface area contributed by atoms with Crippen molar-refractivity contribution in [2.24, 2.45) is 0 Å². The molecule has 0 aliphatic heterocycles. The number of carboxylic acid groups (broad SMARTS) is 5. The first kappa shape index (κ1) is 29.7. The van der Waals surface area contributed by atoms with Gasteiger partial charge in [-0.15, -0.1) is 0 Å². The Morgan fingerprint density at radius 1 is 0.735 bits per heavy atom. The first-order chi connectivity index (χ1) is 15.8. The minimum absolute atomic E-state index is 0.287. The molecule has 0 saturated carbocycles. The number of hydrogen-bond acceptors (Lipinski definition) is 7. The molecular weight excluding hydrogens is 479 g/mol. The fraction of sp³-hybridized carbons (Fsp3) is 0.150. The van der Waals surface area contributed by atoms with Gasteiger partial charge in [0.2, 0.25) is 0 Å². The van der Waals surface area contributed by atoms with Crippen LogP contribution in [-0.4, -0.2) is 66.9 Å². The summed E-state index contributed by atoms with van der Waals surface area (Å²) >= 11 is 0. The second-order valence-corrected chi connectivity index (χ2v) is 6.39. The molecule has 0 heterocycles. The third-order valence-corrected chi connectivity index (χ3v) is 3.77. The summed E-state index contributed by atoms with van der Waals surface area (Å²) in [5.41, 5.74) is -1.14. The van der Waals surface area contributed by atoms with Crippen molar-refractivity contribution in [3.63, 3.8) is 0 Å². The summed E-state index contributed by atoms with van der Waals surface area (Å²) in [6.07, 6.45) is 0. The van der Waals surface area contributed by atoms with E-state index in [1.54, 1.807) is 0 Å². The molecule has 0 spiro atoms. The fourth-order valence-electron chi connectivity index (χ4n) is 2.31. The third kappa shape index (κ3) is 9.42. The van der Waals surface area contributed by atoms with E-state index < -0.39 is 60.8 Å². The van der Waals surface area contributed by atoms with E-state index in [0.717, 1.165) is 11.1 Å². The maximum absolute atomic E-state index is 10.8. The van der Waals surface area contributed by atoms with Gasteiger partial charge in [-0.05, 0) is 47.7 Å². The Morgan fingerprint density at radius 2 is 1.09 bits per heavy atom.